The Bertz CT molecular complexity index is 806. The second-order valence-corrected chi connectivity index (χ2v) is 6.84. The van der Waals surface area contributed by atoms with Gasteiger partial charge in [-0.25, -0.2) is 4.79 Å². The third-order valence-corrected chi connectivity index (χ3v) is 5.12. The Hall–Kier alpha value is -2.93. The molecular weight excluding hydrogens is 370 g/mol. The normalized spacial score (nSPS) is 14.5. The van der Waals surface area contributed by atoms with Gasteiger partial charge in [0.1, 0.15) is 11.5 Å². The Kier molecular flexibility index (Phi) is 7.19. The van der Waals surface area contributed by atoms with Crippen LogP contribution in [0.5, 0.6) is 11.5 Å². The molecule has 0 aliphatic carbocycles. The zero-order valence-electron chi connectivity index (χ0n) is 17.1. The van der Waals surface area contributed by atoms with Gasteiger partial charge in [-0.3, -0.25) is 9.80 Å². The summed E-state index contributed by atoms with van der Waals surface area (Å²) in [5, 5.41) is 9.73. The van der Waals surface area contributed by atoms with Crippen molar-refractivity contribution in [2.45, 2.75) is 6.92 Å². The fourth-order valence-electron chi connectivity index (χ4n) is 3.62. The van der Waals surface area contributed by atoms with E-state index in [1.54, 1.807) is 19.2 Å². The third-order valence-electron chi connectivity index (χ3n) is 5.12. The van der Waals surface area contributed by atoms with Crippen molar-refractivity contribution in [2.75, 3.05) is 62.8 Å². The fourth-order valence-corrected chi connectivity index (χ4v) is 3.62. The predicted octanol–water partition coefficient (Wildman–Crippen LogP) is 3.40. The van der Waals surface area contributed by atoms with Crippen LogP contribution in [0.2, 0.25) is 0 Å². The van der Waals surface area contributed by atoms with Crippen molar-refractivity contribution in [1.82, 2.24) is 4.90 Å². The molecule has 0 spiro atoms. The second-order valence-electron chi connectivity index (χ2n) is 6.84. The van der Waals surface area contributed by atoms with Crippen LogP contribution in [0.25, 0.3) is 0 Å². The van der Waals surface area contributed by atoms with Crippen LogP contribution in [-0.4, -0.2) is 69.1 Å². The summed E-state index contributed by atoms with van der Waals surface area (Å²) in [5.74, 6) is 1.48. The van der Waals surface area contributed by atoms with Gasteiger partial charge in [0.2, 0.25) is 0 Å². The molecule has 1 aliphatic rings. The standard InChI is InChI=1S/C22H29N3O4/c1-3-29-21-11-7-5-9-19(21)25(22(26)27)17-14-23-12-15-24(16-13-23)18-8-4-6-10-20(18)28-2/h4-11H,3,12-17H2,1-2H3,(H,26,27). The molecule has 2 aromatic rings. The summed E-state index contributed by atoms with van der Waals surface area (Å²) in [6.07, 6.45) is -0.968. The largest absolute Gasteiger partial charge is 0.495 e. The molecule has 1 fully saturated rings. The van der Waals surface area contributed by atoms with E-state index in [0.717, 1.165) is 37.6 Å². The molecule has 0 radical (unpaired) electrons. The van der Waals surface area contributed by atoms with Crippen LogP contribution in [0.15, 0.2) is 48.5 Å². The molecule has 2 aromatic carbocycles. The molecule has 1 aliphatic heterocycles. The van der Waals surface area contributed by atoms with Gasteiger partial charge in [0.05, 0.1) is 25.1 Å². The first-order valence-electron chi connectivity index (χ1n) is 9.96. The summed E-state index contributed by atoms with van der Waals surface area (Å²) in [7, 11) is 1.69. The van der Waals surface area contributed by atoms with Gasteiger partial charge in [-0.2, -0.15) is 0 Å². The van der Waals surface area contributed by atoms with Gasteiger partial charge in [0, 0.05) is 39.3 Å². The van der Waals surface area contributed by atoms with Gasteiger partial charge >= 0.3 is 6.09 Å². The number of carboxylic acid groups (broad SMARTS) is 1. The van der Waals surface area contributed by atoms with Crippen LogP contribution < -0.4 is 19.3 Å². The van der Waals surface area contributed by atoms with Crippen molar-refractivity contribution in [3.8, 4) is 11.5 Å². The summed E-state index contributed by atoms with van der Waals surface area (Å²) in [5.41, 5.74) is 1.70. The summed E-state index contributed by atoms with van der Waals surface area (Å²) in [4.78, 5) is 17.9. The Morgan fingerprint density at radius 1 is 1.03 bits per heavy atom. The van der Waals surface area contributed by atoms with Crippen LogP contribution >= 0.6 is 0 Å². The molecule has 7 heteroatoms. The van der Waals surface area contributed by atoms with Crippen LogP contribution in [0.4, 0.5) is 16.2 Å². The number of ether oxygens (including phenoxy) is 2. The highest BCUT2D eigenvalue weighted by atomic mass is 16.5. The molecule has 0 saturated carbocycles. The van der Waals surface area contributed by atoms with Gasteiger partial charge in [0.15, 0.2) is 0 Å². The number of rotatable bonds is 8. The molecule has 1 N–H and O–H groups in total. The third kappa shape index (κ3) is 5.12. The molecule has 0 bridgehead atoms. The summed E-state index contributed by atoms with van der Waals surface area (Å²) >= 11 is 0. The monoisotopic (exact) mass is 399 g/mol. The minimum atomic E-state index is -0.968. The smallest absolute Gasteiger partial charge is 0.411 e. The zero-order valence-corrected chi connectivity index (χ0v) is 17.1. The Morgan fingerprint density at radius 3 is 2.34 bits per heavy atom. The first-order chi connectivity index (χ1) is 14.1. The molecule has 7 nitrogen and oxygen atoms in total. The quantitative estimate of drug-likeness (QED) is 0.734. The molecule has 1 heterocycles. The number of methoxy groups -OCH3 is 1. The van der Waals surface area contributed by atoms with E-state index in [-0.39, 0.29) is 0 Å². The number of piperazine rings is 1. The van der Waals surface area contributed by atoms with Crippen molar-refractivity contribution in [3.63, 3.8) is 0 Å². The first-order valence-corrected chi connectivity index (χ1v) is 9.96. The average molecular weight is 399 g/mol. The molecule has 29 heavy (non-hydrogen) atoms. The maximum atomic E-state index is 11.9. The fraction of sp³-hybridized carbons (Fsp3) is 0.409. The molecule has 1 amide bonds. The van der Waals surface area contributed by atoms with E-state index in [9.17, 15) is 9.90 Å². The molecule has 0 unspecified atom stereocenters. The maximum absolute atomic E-state index is 11.9. The van der Waals surface area contributed by atoms with Crippen LogP contribution in [0.1, 0.15) is 6.92 Å². The molecule has 3 rings (SSSR count). The lowest BCUT2D eigenvalue weighted by Gasteiger charge is -2.37. The Balaban J connectivity index is 1.59. The van der Waals surface area contributed by atoms with Crippen molar-refractivity contribution < 1.29 is 19.4 Å². The van der Waals surface area contributed by atoms with Crippen molar-refractivity contribution >= 4 is 17.5 Å². The maximum Gasteiger partial charge on any atom is 0.411 e. The Morgan fingerprint density at radius 2 is 1.69 bits per heavy atom. The highest BCUT2D eigenvalue weighted by Gasteiger charge is 2.23. The van der Waals surface area contributed by atoms with Crippen molar-refractivity contribution in [3.05, 3.63) is 48.5 Å². The Labute approximate surface area is 172 Å². The summed E-state index contributed by atoms with van der Waals surface area (Å²) < 4.78 is 11.1. The van der Waals surface area contributed by atoms with Crippen molar-refractivity contribution in [1.29, 1.82) is 0 Å². The van der Waals surface area contributed by atoms with Gasteiger partial charge in [-0.15, -0.1) is 0 Å². The molecule has 1 saturated heterocycles. The van der Waals surface area contributed by atoms with E-state index in [1.807, 2.05) is 37.3 Å². The lowest BCUT2D eigenvalue weighted by Crippen LogP contribution is -2.49. The minimum absolute atomic E-state index is 0.397. The number of carbonyl (C=O) groups is 1. The minimum Gasteiger partial charge on any atom is -0.495 e. The van der Waals surface area contributed by atoms with Crippen LogP contribution in [0.3, 0.4) is 0 Å². The molecule has 0 atom stereocenters. The molecule has 0 aromatic heterocycles. The highest BCUT2D eigenvalue weighted by Crippen LogP contribution is 2.29. The van der Waals surface area contributed by atoms with E-state index >= 15 is 0 Å². The van der Waals surface area contributed by atoms with Gasteiger partial charge in [0.25, 0.3) is 0 Å². The van der Waals surface area contributed by atoms with E-state index in [2.05, 4.69) is 15.9 Å². The van der Waals surface area contributed by atoms with E-state index in [0.29, 0.717) is 31.1 Å². The predicted molar refractivity (Wildman–Crippen MR) is 115 cm³/mol. The second kappa shape index (κ2) is 10.0. The lowest BCUT2D eigenvalue weighted by atomic mass is 10.2. The average Bonchev–Trinajstić information content (AvgIpc) is 2.75. The summed E-state index contributed by atoms with van der Waals surface area (Å²) in [6.45, 7) is 6.96. The van der Waals surface area contributed by atoms with Crippen molar-refractivity contribution in [2.24, 2.45) is 0 Å². The molecule has 156 valence electrons. The lowest BCUT2D eigenvalue weighted by molar-refractivity contribution is 0.198. The van der Waals surface area contributed by atoms with E-state index < -0.39 is 6.09 Å². The SMILES string of the molecule is CCOc1ccccc1N(CCN1CCN(c2ccccc2OC)CC1)C(=O)O. The first kappa shape index (κ1) is 20.8. The van der Waals surface area contributed by atoms with E-state index in [1.165, 1.54) is 4.90 Å². The van der Waals surface area contributed by atoms with E-state index in [4.69, 9.17) is 9.47 Å². The number of nitrogens with zero attached hydrogens (tertiary/aromatic N) is 3. The number of hydrogen-bond donors (Lipinski definition) is 1. The number of amides is 1. The number of anilines is 2. The number of para-hydroxylation sites is 4. The van der Waals surface area contributed by atoms with Crippen LogP contribution in [-0.2, 0) is 0 Å². The highest BCUT2D eigenvalue weighted by molar-refractivity contribution is 5.88. The zero-order chi connectivity index (χ0) is 20.6. The van der Waals surface area contributed by atoms with Gasteiger partial charge in [-0.05, 0) is 31.2 Å². The van der Waals surface area contributed by atoms with Gasteiger partial charge in [-0.1, -0.05) is 24.3 Å². The number of hydrogen-bond acceptors (Lipinski definition) is 5. The van der Waals surface area contributed by atoms with Gasteiger partial charge < -0.3 is 19.5 Å². The summed E-state index contributed by atoms with van der Waals surface area (Å²) in [6, 6.07) is 15.3. The molecular formula is C22H29N3O4. The van der Waals surface area contributed by atoms with Crippen LogP contribution in [0, 0.1) is 0 Å². The topological polar surface area (TPSA) is 65.5 Å². The number of benzene rings is 2.